The molecule has 3 rings (SSSR count). The molecular weight excluding hydrogens is 240 g/mol. The number of rotatable bonds is 1. The number of imidazole rings is 1. The fourth-order valence-corrected chi connectivity index (χ4v) is 2.24. The van der Waals surface area contributed by atoms with Gasteiger partial charge in [-0.3, -0.25) is 9.78 Å². The number of nitrogens with zero attached hydrogens (tertiary/aromatic N) is 2. The van der Waals surface area contributed by atoms with E-state index < -0.39 is 0 Å². The van der Waals surface area contributed by atoms with Crippen molar-refractivity contribution in [3.8, 4) is 10.7 Å². The van der Waals surface area contributed by atoms with Gasteiger partial charge in [0.2, 0.25) is 5.95 Å². The van der Waals surface area contributed by atoms with E-state index >= 15 is 0 Å². The average molecular weight is 248 g/mol. The van der Waals surface area contributed by atoms with E-state index in [1.165, 1.54) is 11.3 Å². The fourth-order valence-electron chi connectivity index (χ4n) is 1.52. The Kier molecular flexibility index (Phi) is 1.92. The molecule has 0 amide bonds. The van der Waals surface area contributed by atoms with Crippen molar-refractivity contribution in [2.24, 2.45) is 0 Å². The van der Waals surface area contributed by atoms with Crippen molar-refractivity contribution in [1.29, 1.82) is 0 Å². The number of hydrogen-bond acceptors (Lipinski definition) is 6. The van der Waals surface area contributed by atoms with Gasteiger partial charge < -0.3 is 16.5 Å². The van der Waals surface area contributed by atoms with E-state index in [9.17, 15) is 4.79 Å². The summed E-state index contributed by atoms with van der Waals surface area (Å²) in [6.07, 6.45) is 0. The minimum atomic E-state index is -0.337. The molecule has 0 aliphatic rings. The minimum Gasteiger partial charge on any atom is -0.391 e. The van der Waals surface area contributed by atoms with Crippen molar-refractivity contribution in [1.82, 2.24) is 19.9 Å². The number of H-pyrrole nitrogens is 2. The topological polar surface area (TPSA) is 126 Å². The quantitative estimate of drug-likeness (QED) is 0.500. The summed E-state index contributed by atoms with van der Waals surface area (Å²) in [6, 6.07) is 3.61. The maximum atomic E-state index is 11.6. The third-order valence-corrected chi connectivity index (χ3v) is 3.16. The van der Waals surface area contributed by atoms with Crippen molar-refractivity contribution in [3.63, 3.8) is 0 Å². The van der Waals surface area contributed by atoms with Gasteiger partial charge in [0.1, 0.15) is 0 Å². The summed E-state index contributed by atoms with van der Waals surface area (Å²) < 4.78 is 0. The van der Waals surface area contributed by atoms with E-state index in [4.69, 9.17) is 11.5 Å². The lowest BCUT2D eigenvalue weighted by Gasteiger charge is -1.89. The first-order valence-electron chi connectivity index (χ1n) is 4.74. The zero-order valence-electron chi connectivity index (χ0n) is 8.52. The molecule has 3 heterocycles. The van der Waals surface area contributed by atoms with Crippen LogP contribution in [0, 0.1) is 0 Å². The van der Waals surface area contributed by atoms with Crippen LogP contribution in [0.4, 0.5) is 10.9 Å². The number of thiophene rings is 1. The fraction of sp³-hybridized carbons (Fsp3) is 0. The lowest BCUT2D eigenvalue weighted by Crippen LogP contribution is -2.10. The molecule has 0 atom stereocenters. The maximum Gasteiger partial charge on any atom is 0.278 e. The number of hydrogen-bond donors (Lipinski definition) is 4. The van der Waals surface area contributed by atoms with E-state index in [1.54, 1.807) is 6.07 Å². The van der Waals surface area contributed by atoms with Crippen LogP contribution in [0.1, 0.15) is 0 Å². The standard InChI is InChI=1S/C9H8N6OS/c10-4-2-1-3(17-4)6-12-5-7(13-6)14-9(11)15-8(5)16/h1-2H,10H2,(H4,11,12,13,14,15,16). The number of fused-ring (bicyclic) bond motifs is 1. The number of nitrogen functional groups attached to an aromatic ring is 2. The summed E-state index contributed by atoms with van der Waals surface area (Å²) in [6.45, 7) is 0. The third-order valence-electron chi connectivity index (χ3n) is 2.24. The van der Waals surface area contributed by atoms with Crippen LogP contribution in [0.5, 0.6) is 0 Å². The van der Waals surface area contributed by atoms with Gasteiger partial charge in [-0.15, -0.1) is 11.3 Å². The Morgan fingerprint density at radius 3 is 2.71 bits per heavy atom. The lowest BCUT2D eigenvalue weighted by molar-refractivity contribution is 1.17. The summed E-state index contributed by atoms with van der Waals surface area (Å²) >= 11 is 1.38. The Morgan fingerprint density at radius 1 is 1.18 bits per heavy atom. The number of nitrogens with two attached hydrogens (primary N) is 2. The van der Waals surface area contributed by atoms with Crippen LogP contribution in [-0.4, -0.2) is 19.9 Å². The number of anilines is 2. The zero-order chi connectivity index (χ0) is 12.0. The molecule has 3 aromatic rings. The maximum absolute atomic E-state index is 11.6. The number of aromatic amines is 2. The molecule has 0 aliphatic carbocycles. The average Bonchev–Trinajstić information content (AvgIpc) is 2.83. The highest BCUT2D eigenvalue weighted by Crippen LogP contribution is 2.27. The number of nitrogens with one attached hydrogen (secondary N) is 2. The first-order valence-corrected chi connectivity index (χ1v) is 5.56. The van der Waals surface area contributed by atoms with E-state index in [2.05, 4.69) is 19.9 Å². The molecule has 0 saturated heterocycles. The lowest BCUT2D eigenvalue weighted by atomic mass is 10.4. The van der Waals surface area contributed by atoms with Gasteiger partial charge in [-0.25, -0.2) is 4.98 Å². The van der Waals surface area contributed by atoms with Crippen molar-refractivity contribution in [2.45, 2.75) is 0 Å². The molecular formula is C9H8N6OS. The molecule has 6 N–H and O–H groups in total. The Morgan fingerprint density at radius 2 is 2.00 bits per heavy atom. The summed E-state index contributed by atoms with van der Waals surface area (Å²) in [7, 11) is 0. The molecule has 0 unspecified atom stereocenters. The van der Waals surface area contributed by atoms with Crippen LogP contribution >= 0.6 is 11.3 Å². The van der Waals surface area contributed by atoms with Crippen LogP contribution in [0.2, 0.25) is 0 Å². The van der Waals surface area contributed by atoms with Gasteiger partial charge in [-0.2, -0.15) is 4.98 Å². The van der Waals surface area contributed by atoms with Crippen molar-refractivity contribution in [2.75, 3.05) is 11.5 Å². The highest BCUT2D eigenvalue weighted by Gasteiger charge is 2.11. The Bertz CT molecular complexity index is 754. The zero-order valence-corrected chi connectivity index (χ0v) is 9.34. The summed E-state index contributed by atoms with van der Waals surface area (Å²) in [5.74, 6) is 0.608. The molecule has 17 heavy (non-hydrogen) atoms. The molecule has 0 aliphatic heterocycles. The minimum absolute atomic E-state index is 0.0474. The molecule has 86 valence electrons. The normalized spacial score (nSPS) is 11.1. The summed E-state index contributed by atoms with van der Waals surface area (Å²) in [5.41, 5.74) is 11.3. The van der Waals surface area contributed by atoms with E-state index in [0.717, 1.165) is 4.88 Å². The van der Waals surface area contributed by atoms with Gasteiger partial charge in [0, 0.05) is 0 Å². The molecule has 0 bridgehead atoms. The second-order valence-corrected chi connectivity index (χ2v) is 4.55. The van der Waals surface area contributed by atoms with E-state index in [0.29, 0.717) is 22.0 Å². The molecule has 0 saturated carbocycles. The Labute approximate surface area is 98.5 Å². The van der Waals surface area contributed by atoms with Crippen LogP contribution in [0.3, 0.4) is 0 Å². The van der Waals surface area contributed by atoms with Crippen molar-refractivity contribution < 1.29 is 0 Å². The molecule has 8 heteroatoms. The second-order valence-electron chi connectivity index (χ2n) is 3.44. The number of aromatic nitrogens is 4. The van der Waals surface area contributed by atoms with Gasteiger partial charge in [-0.1, -0.05) is 0 Å². The van der Waals surface area contributed by atoms with Crippen LogP contribution in [0.15, 0.2) is 16.9 Å². The van der Waals surface area contributed by atoms with Crippen LogP contribution in [0.25, 0.3) is 21.9 Å². The van der Waals surface area contributed by atoms with Crippen molar-refractivity contribution in [3.05, 3.63) is 22.5 Å². The van der Waals surface area contributed by atoms with Gasteiger partial charge in [0.15, 0.2) is 17.0 Å². The Balaban J connectivity index is 2.27. The largest absolute Gasteiger partial charge is 0.391 e. The SMILES string of the molecule is Nc1nc2nc(-c3ccc(N)s3)[nH]c2c(=O)[nH]1. The molecule has 7 nitrogen and oxygen atoms in total. The van der Waals surface area contributed by atoms with E-state index in [-0.39, 0.29) is 11.5 Å². The highest BCUT2D eigenvalue weighted by molar-refractivity contribution is 7.19. The van der Waals surface area contributed by atoms with Gasteiger partial charge in [0.05, 0.1) is 9.88 Å². The highest BCUT2D eigenvalue weighted by atomic mass is 32.1. The molecule has 3 aromatic heterocycles. The summed E-state index contributed by atoms with van der Waals surface area (Å²) in [5, 5.41) is 0.682. The second kappa shape index (κ2) is 3.32. The molecule has 0 aromatic carbocycles. The predicted molar refractivity (Wildman–Crippen MR) is 66.6 cm³/mol. The smallest absolute Gasteiger partial charge is 0.278 e. The third kappa shape index (κ3) is 1.54. The Hall–Kier alpha value is -2.35. The van der Waals surface area contributed by atoms with Crippen molar-refractivity contribution >= 4 is 33.5 Å². The summed E-state index contributed by atoms with van der Waals surface area (Å²) in [4.78, 5) is 25.9. The van der Waals surface area contributed by atoms with E-state index in [1.807, 2.05) is 6.07 Å². The first kappa shape index (κ1) is 9.85. The molecule has 0 spiro atoms. The van der Waals surface area contributed by atoms with Gasteiger partial charge >= 0.3 is 0 Å². The van der Waals surface area contributed by atoms with Crippen LogP contribution in [-0.2, 0) is 0 Å². The van der Waals surface area contributed by atoms with Gasteiger partial charge in [0.25, 0.3) is 5.56 Å². The van der Waals surface area contributed by atoms with Crippen LogP contribution < -0.4 is 17.0 Å². The van der Waals surface area contributed by atoms with Gasteiger partial charge in [-0.05, 0) is 12.1 Å². The molecule has 0 radical (unpaired) electrons. The molecule has 0 fully saturated rings. The first-order chi connectivity index (χ1) is 8.13. The predicted octanol–water partition coefficient (Wildman–Crippen LogP) is 0.539. The monoisotopic (exact) mass is 248 g/mol.